The van der Waals surface area contributed by atoms with Crippen molar-refractivity contribution in [1.82, 2.24) is 15.1 Å². The summed E-state index contributed by atoms with van der Waals surface area (Å²) >= 11 is 1.50. The quantitative estimate of drug-likeness (QED) is 0.426. The number of carbonyl (C=O) groups excluding carboxylic acids is 2. The first-order valence-corrected chi connectivity index (χ1v) is 10.3. The summed E-state index contributed by atoms with van der Waals surface area (Å²) in [6, 6.07) is -0.236. The van der Waals surface area contributed by atoms with E-state index in [1.807, 2.05) is 13.0 Å². The van der Waals surface area contributed by atoms with Gasteiger partial charge in [-0.2, -0.15) is 0 Å². The zero-order valence-corrected chi connectivity index (χ0v) is 17.3. The van der Waals surface area contributed by atoms with Gasteiger partial charge in [0, 0.05) is 48.8 Å². The molecule has 0 aliphatic carbocycles. The summed E-state index contributed by atoms with van der Waals surface area (Å²) in [6.07, 6.45) is 3.35. The second-order valence-corrected chi connectivity index (χ2v) is 9.20. The molecule has 0 aromatic heterocycles. The van der Waals surface area contributed by atoms with E-state index < -0.39 is 18.0 Å². The van der Waals surface area contributed by atoms with Crippen LogP contribution in [0.1, 0.15) is 20.3 Å². The molecule has 9 heteroatoms. The van der Waals surface area contributed by atoms with Crippen molar-refractivity contribution in [2.24, 2.45) is 11.8 Å². The van der Waals surface area contributed by atoms with Crippen LogP contribution in [0.15, 0.2) is 22.8 Å². The Kier molecular flexibility index (Phi) is 5.88. The maximum Gasteiger partial charge on any atom is 0.353 e. The fraction of sp³-hybridized carbons (Fsp3) is 0.632. The minimum atomic E-state index is -1.10. The number of nitrogens with zero attached hydrogens (tertiary/aromatic N) is 2. The Labute approximate surface area is 168 Å². The van der Waals surface area contributed by atoms with Crippen molar-refractivity contribution in [3.8, 4) is 0 Å². The predicted octanol–water partition coefficient (Wildman–Crippen LogP) is 0.248. The van der Waals surface area contributed by atoms with Gasteiger partial charge in [0.05, 0.1) is 18.1 Å². The number of fused-ring (bicyclic) bond motifs is 1. The molecule has 0 saturated carbocycles. The maximum absolute atomic E-state index is 12.4. The summed E-state index contributed by atoms with van der Waals surface area (Å²) in [5, 5.41) is 23.1. The van der Waals surface area contributed by atoms with E-state index in [-0.39, 0.29) is 40.8 Å². The molecule has 2 amide bonds. The highest BCUT2D eigenvalue weighted by Gasteiger charge is 2.60. The van der Waals surface area contributed by atoms with Crippen LogP contribution in [0.4, 0.5) is 0 Å². The van der Waals surface area contributed by atoms with Crippen LogP contribution in [-0.4, -0.2) is 81.9 Å². The number of hydrogen-bond donors (Lipinski definition) is 3. The van der Waals surface area contributed by atoms with Gasteiger partial charge in [-0.05, 0) is 13.3 Å². The van der Waals surface area contributed by atoms with Crippen LogP contribution in [0, 0.1) is 11.8 Å². The molecule has 3 aliphatic rings. The largest absolute Gasteiger partial charge is 0.477 e. The summed E-state index contributed by atoms with van der Waals surface area (Å²) in [4.78, 5) is 39.5. The van der Waals surface area contributed by atoms with E-state index >= 15 is 0 Å². The number of rotatable bonds is 6. The van der Waals surface area contributed by atoms with E-state index in [9.17, 15) is 24.6 Å². The van der Waals surface area contributed by atoms with Crippen LogP contribution in [0.2, 0.25) is 0 Å². The Morgan fingerprint density at radius 2 is 2.07 bits per heavy atom. The third-order valence-electron chi connectivity index (χ3n) is 5.64. The number of carboxylic acids is 1. The normalized spacial score (nSPS) is 33.2. The van der Waals surface area contributed by atoms with Gasteiger partial charge in [0.1, 0.15) is 5.70 Å². The van der Waals surface area contributed by atoms with Gasteiger partial charge in [-0.15, -0.1) is 11.8 Å². The molecule has 28 heavy (non-hydrogen) atoms. The lowest BCUT2D eigenvalue weighted by molar-refractivity contribution is -0.163. The van der Waals surface area contributed by atoms with Gasteiger partial charge in [-0.3, -0.25) is 9.59 Å². The Bertz CT molecular complexity index is 748. The van der Waals surface area contributed by atoms with Crippen LogP contribution >= 0.6 is 11.8 Å². The molecule has 0 unspecified atom stereocenters. The molecule has 0 radical (unpaired) electrons. The van der Waals surface area contributed by atoms with Gasteiger partial charge in [-0.1, -0.05) is 13.0 Å². The molecular formula is C19H27N3O5S. The van der Waals surface area contributed by atoms with Gasteiger partial charge in [-0.25, -0.2) is 4.79 Å². The van der Waals surface area contributed by atoms with Crippen LogP contribution < -0.4 is 5.32 Å². The molecule has 2 fully saturated rings. The first-order valence-electron chi connectivity index (χ1n) is 9.41. The van der Waals surface area contributed by atoms with Crippen LogP contribution in [-0.2, 0) is 14.4 Å². The smallest absolute Gasteiger partial charge is 0.353 e. The van der Waals surface area contributed by atoms with E-state index in [4.69, 9.17) is 0 Å². The molecule has 2 saturated heterocycles. The minimum Gasteiger partial charge on any atom is -0.477 e. The number of nitrogens with one attached hydrogen (secondary N) is 1. The molecule has 3 rings (SSSR count). The highest BCUT2D eigenvalue weighted by molar-refractivity contribution is 8.03. The van der Waals surface area contributed by atoms with E-state index in [2.05, 4.69) is 5.32 Å². The number of β-lactam (4-membered cyclic amide) rings is 1. The minimum absolute atomic E-state index is 0.0517. The van der Waals surface area contributed by atoms with E-state index in [0.717, 1.165) is 6.42 Å². The number of hydrogen-bond acceptors (Lipinski definition) is 6. The number of aliphatic hydroxyl groups is 1. The number of amides is 2. The summed E-state index contributed by atoms with van der Waals surface area (Å²) in [5.74, 6) is -2.17. The molecule has 3 N–H and O–H groups in total. The monoisotopic (exact) mass is 409 g/mol. The van der Waals surface area contributed by atoms with E-state index in [1.54, 1.807) is 27.1 Å². The summed E-state index contributed by atoms with van der Waals surface area (Å²) in [6.45, 7) is 4.19. The SMILES string of the molecule is C[C@@H](O)[C@H]1C(=O)N2C(C(=O)O)=C(S[C@@H]3CN[C@H](C=CC(=O)N(C)C)C3)[C@H](C)[C@H]12. The summed E-state index contributed by atoms with van der Waals surface area (Å²) in [7, 11) is 3.39. The van der Waals surface area contributed by atoms with Crippen molar-refractivity contribution in [3.05, 3.63) is 22.8 Å². The third-order valence-corrected chi connectivity index (χ3v) is 7.15. The molecule has 3 aliphatic heterocycles. The standard InChI is InChI=1S/C19H27N3O5S/c1-9-15-14(10(2)23)18(25)22(15)16(19(26)27)17(9)28-12-7-11(20-8-12)5-6-13(24)21(3)4/h5-6,9-12,14-15,20,23H,7-8H2,1-4H3,(H,26,27)/t9-,10-,11-,12+,14-,15-/m1/s1. The molecule has 6 atom stereocenters. The zero-order valence-electron chi connectivity index (χ0n) is 16.5. The number of aliphatic hydroxyl groups excluding tert-OH is 1. The molecule has 0 spiro atoms. The van der Waals surface area contributed by atoms with Gasteiger partial charge in [0.25, 0.3) is 0 Å². The van der Waals surface area contributed by atoms with Crippen molar-refractivity contribution < 1.29 is 24.6 Å². The maximum atomic E-state index is 12.4. The lowest BCUT2D eigenvalue weighted by atomic mass is 9.79. The Hall–Kier alpha value is -1.84. The number of thioether (sulfide) groups is 1. The first-order chi connectivity index (χ1) is 13.1. The lowest BCUT2D eigenvalue weighted by Crippen LogP contribution is -2.63. The van der Waals surface area contributed by atoms with Crippen molar-refractivity contribution >= 4 is 29.5 Å². The lowest BCUT2D eigenvalue weighted by Gasteiger charge is -2.46. The van der Waals surface area contributed by atoms with Crippen LogP contribution in [0.5, 0.6) is 0 Å². The average molecular weight is 410 g/mol. The van der Waals surface area contributed by atoms with Gasteiger partial charge in [0.15, 0.2) is 0 Å². The number of carboxylic acid groups (broad SMARTS) is 1. The van der Waals surface area contributed by atoms with Crippen molar-refractivity contribution in [1.29, 1.82) is 0 Å². The van der Waals surface area contributed by atoms with E-state index in [1.165, 1.54) is 21.6 Å². The van der Waals surface area contributed by atoms with Crippen molar-refractivity contribution in [3.63, 3.8) is 0 Å². The van der Waals surface area contributed by atoms with Gasteiger partial charge in [0.2, 0.25) is 11.8 Å². The topological polar surface area (TPSA) is 110 Å². The molecule has 154 valence electrons. The first kappa shape index (κ1) is 20.9. The van der Waals surface area contributed by atoms with Crippen LogP contribution in [0.3, 0.4) is 0 Å². The fourth-order valence-electron chi connectivity index (χ4n) is 4.17. The zero-order chi connectivity index (χ0) is 20.7. The van der Waals surface area contributed by atoms with Crippen molar-refractivity contribution in [2.75, 3.05) is 20.6 Å². The summed E-state index contributed by atoms with van der Waals surface area (Å²) < 4.78 is 0. The highest BCUT2D eigenvalue weighted by Crippen LogP contribution is 2.51. The highest BCUT2D eigenvalue weighted by atomic mass is 32.2. The average Bonchev–Trinajstić information content (AvgIpc) is 3.14. The molecule has 0 bridgehead atoms. The second kappa shape index (κ2) is 7.88. The molecular weight excluding hydrogens is 382 g/mol. The molecule has 0 aromatic carbocycles. The number of aliphatic carboxylic acids is 1. The van der Waals surface area contributed by atoms with Gasteiger partial charge >= 0.3 is 5.97 Å². The Balaban J connectivity index is 1.71. The molecule has 3 heterocycles. The number of likely N-dealkylation sites (N-methyl/N-ethyl adjacent to an activating group) is 1. The molecule has 0 aromatic rings. The second-order valence-electron chi connectivity index (χ2n) is 7.85. The van der Waals surface area contributed by atoms with Gasteiger partial charge < -0.3 is 25.3 Å². The van der Waals surface area contributed by atoms with Crippen molar-refractivity contribution in [2.45, 2.75) is 43.7 Å². The molecule has 8 nitrogen and oxygen atoms in total. The van der Waals surface area contributed by atoms with Crippen LogP contribution in [0.25, 0.3) is 0 Å². The Morgan fingerprint density at radius 3 is 2.64 bits per heavy atom. The summed E-state index contributed by atoms with van der Waals surface area (Å²) in [5.41, 5.74) is 0.0613. The third kappa shape index (κ3) is 3.58. The fourth-order valence-corrected chi connectivity index (χ4v) is 5.67. The Morgan fingerprint density at radius 1 is 1.39 bits per heavy atom. The predicted molar refractivity (Wildman–Crippen MR) is 105 cm³/mol. The number of carbonyl (C=O) groups is 3. The van der Waals surface area contributed by atoms with E-state index in [0.29, 0.717) is 11.4 Å².